The predicted molar refractivity (Wildman–Crippen MR) is 216 cm³/mol. The Labute approximate surface area is 306 Å². The first-order chi connectivity index (χ1) is 22.6. The molecule has 0 radical (unpaired) electrons. The van der Waals surface area contributed by atoms with Crippen LogP contribution < -0.4 is 0 Å². The zero-order valence-corrected chi connectivity index (χ0v) is 33.6. The van der Waals surface area contributed by atoms with Gasteiger partial charge in [-0.05, 0) is 98.0 Å². The van der Waals surface area contributed by atoms with Crippen LogP contribution in [-0.2, 0) is 12.8 Å². The van der Waals surface area contributed by atoms with E-state index in [0.29, 0.717) is 0 Å². The largest absolute Gasteiger partial charge is 0.128 e. The first-order valence-corrected chi connectivity index (χ1v) is 21.9. The van der Waals surface area contributed by atoms with E-state index in [1.165, 1.54) is 192 Å². The van der Waals surface area contributed by atoms with Crippen molar-refractivity contribution in [1.82, 2.24) is 0 Å². The molecule has 0 unspecified atom stereocenters. The third kappa shape index (κ3) is 12.2. The number of fused-ring (bicyclic) bond motifs is 1. The molecule has 252 valence electrons. The van der Waals surface area contributed by atoms with Gasteiger partial charge in [0.05, 0.1) is 7.57 Å². The Morgan fingerprint density at radius 1 is 0.413 bits per heavy atom. The number of rotatable bonds is 24. The Balaban J connectivity index is 1.39. The molecule has 0 bridgehead atoms. The minimum atomic E-state index is 1.17. The third-order valence-electron chi connectivity index (χ3n) is 9.55. The van der Waals surface area contributed by atoms with Crippen LogP contribution in [0.3, 0.4) is 0 Å². The smallest absolute Gasteiger partial charge is 0.0707 e. The Morgan fingerprint density at radius 3 is 1.13 bits per heavy atom. The Kier molecular flexibility index (Phi) is 18.0. The average molecular weight is 787 g/mol. The van der Waals surface area contributed by atoms with E-state index in [-0.39, 0.29) is 0 Å². The summed E-state index contributed by atoms with van der Waals surface area (Å²) in [6, 6.07) is 18.6. The van der Waals surface area contributed by atoms with E-state index in [1.54, 1.807) is 0 Å². The zero-order valence-electron chi connectivity index (χ0n) is 28.7. The van der Waals surface area contributed by atoms with Gasteiger partial charge in [-0.1, -0.05) is 160 Å². The van der Waals surface area contributed by atoms with Crippen LogP contribution in [0.2, 0.25) is 0 Å². The van der Waals surface area contributed by atoms with Gasteiger partial charge in [0.1, 0.15) is 0 Å². The fourth-order valence-electron chi connectivity index (χ4n) is 6.92. The zero-order chi connectivity index (χ0) is 32.4. The lowest BCUT2D eigenvalue weighted by atomic mass is 10.0. The molecule has 4 rings (SSSR count). The van der Waals surface area contributed by atoms with E-state index in [1.807, 2.05) is 22.7 Å². The highest BCUT2D eigenvalue weighted by atomic mass is 79.9. The van der Waals surface area contributed by atoms with Crippen molar-refractivity contribution < 1.29 is 0 Å². The summed E-state index contributed by atoms with van der Waals surface area (Å²) in [5, 5.41) is 0. The number of hydrogen-bond donors (Lipinski definition) is 0. The second-order valence-corrected chi connectivity index (χ2v) is 18.2. The van der Waals surface area contributed by atoms with Gasteiger partial charge in [-0.25, -0.2) is 0 Å². The minimum Gasteiger partial charge on any atom is -0.128 e. The molecule has 2 aromatic heterocycles. The highest BCUT2D eigenvalue weighted by Crippen LogP contribution is 2.50. The summed E-state index contributed by atoms with van der Waals surface area (Å²) in [6.45, 7) is 4.60. The lowest BCUT2D eigenvalue weighted by Crippen LogP contribution is -1.87. The second-order valence-electron chi connectivity index (χ2n) is 13.4. The van der Waals surface area contributed by atoms with Crippen LogP contribution in [0.5, 0.6) is 0 Å². The SMILES string of the molecule is CCCCCCCCCCCCc1cc(Br)sc1-c1cc(-c2sc(Br)cc2CCCCCCCCCCCC)c2cccccc1-2. The van der Waals surface area contributed by atoms with Crippen molar-refractivity contribution in [3.05, 3.63) is 67.2 Å². The maximum absolute atomic E-state index is 3.87. The molecule has 0 atom stereocenters. The van der Waals surface area contributed by atoms with Gasteiger partial charge in [-0.3, -0.25) is 0 Å². The third-order valence-corrected chi connectivity index (χ3v) is 13.0. The van der Waals surface area contributed by atoms with E-state index in [0.717, 1.165) is 0 Å². The van der Waals surface area contributed by atoms with Gasteiger partial charge in [0, 0.05) is 20.9 Å². The van der Waals surface area contributed by atoms with Crippen molar-refractivity contribution >= 4 is 54.5 Å². The number of unbranched alkanes of at least 4 members (excludes halogenated alkanes) is 18. The van der Waals surface area contributed by atoms with Crippen molar-refractivity contribution in [2.45, 2.75) is 155 Å². The van der Waals surface area contributed by atoms with Crippen LogP contribution in [0.4, 0.5) is 0 Å². The summed E-state index contributed by atoms with van der Waals surface area (Å²) < 4.78 is 2.50. The quantitative estimate of drug-likeness (QED) is 0.0621. The van der Waals surface area contributed by atoms with Crippen molar-refractivity contribution in [2.75, 3.05) is 0 Å². The Bertz CT molecular complexity index is 1270. The molecular weight excluding hydrogens is 728 g/mol. The lowest BCUT2D eigenvalue weighted by molar-refractivity contribution is 0.556. The lowest BCUT2D eigenvalue weighted by Gasteiger charge is -2.06. The predicted octanol–water partition coefficient (Wildman–Crippen LogP) is 16.7. The standard InChI is InChI=1S/C42H58Br2S2/c1-3-5-7-9-11-13-15-17-19-22-26-33-30-39(43)45-41(33)37-32-38(36-29-25-21-24-28-35(36)37)42-34(31-40(44)46-42)27-23-20-18-16-14-12-10-8-6-4-2/h21,24-25,28-32H,3-20,22-23,26-27H2,1-2H3. The molecule has 0 aromatic carbocycles. The van der Waals surface area contributed by atoms with Crippen LogP contribution in [0.15, 0.2) is 56.1 Å². The molecule has 0 saturated carbocycles. The molecule has 2 aliphatic carbocycles. The van der Waals surface area contributed by atoms with Gasteiger partial charge in [0.25, 0.3) is 0 Å². The Morgan fingerprint density at radius 2 is 0.761 bits per heavy atom. The van der Waals surface area contributed by atoms with Crippen LogP contribution in [-0.4, -0.2) is 0 Å². The number of halogens is 2. The van der Waals surface area contributed by atoms with Crippen molar-refractivity contribution in [2.24, 2.45) is 0 Å². The van der Waals surface area contributed by atoms with Gasteiger partial charge >= 0.3 is 0 Å². The first-order valence-electron chi connectivity index (χ1n) is 18.7. The summed E-state index contributed by atoms with van der Waals surface area (Å²) in [6.07, 6.45) is 30.0. The fourth-order valence-corrected chi connectivity index (χ4v) is 10.4. The van der Waals surface area contributed by atoms with Gasteiger partial charge < -0.3 is 0 Å². The fraction of sp³-hybridized carbons (Fsp3) is 0.571. The topological polar surface area (TPSA) is 0 Å². The maximum atomic E-state index is 3.87. The van der Waals surface area contributed by atoms with Crippen molar-refractivity contribution in [3.63, 3.8) is 0 Å². The van der Waals surface area contributed by atoms with Gasteiger partial charge in [-0.15, -0.1) is 22.7 Å². The molecule has 0 saturated heterocycles. The Hall–Kier alpha value is -0.940. The van der Waals surface area contributed by atoms with E-state index in [2.05, 4.69) is 94.2 Å². The van der Waals surface area contributed by atoms with E-state index >= 15 is 0 Å². The number of thiophene rings is 2. The summed E-state index contributed by atoms with van der Waals surface area (Å²) >= 11 is 11.6. The van der Waals surface area contributed by atoms with Crippen LogP contribution >= 0.6 is 54.5 Å². The minimum absolute atomic E-state index is 1.17. The molecule has 0 spiro atoms. The van der Waals surface area contributed by atoms with E-state index in [9.17, 15) is 0 Å². The molecule has 0 N–H and O–H groups in total. The van der Waals surface area contributed by atoms with Crippen LogP contribution in [0, 0.1) is 0 Å². The summed E-state index contributed by atoms with van der Waals surface area (Å²) in [5.41, 5.74) is 8.61. The maximum Gasteiger partial charge on any atom is 0.0707 e. The molecule has 2 heterocycles. The van der Waals surface area contributed by atoms with Crippen molar-refractivity contribution in [3.8, 4) is 32.0 Å². The number of aryl methyl sites for hydroxylation is 2. The summed E-state index contributed by atoms with van der Waals surface area (Å²) in [4.78, 5) is 2.91. The molecule has 0 amide bonds. The van der Waals surface area contributed by atoms with Crippen LogP contribution in [0.1, 0.15) is 153 Å². The average Bonchev–Trinajstić information content (AvgIpc) is 3.65. The number of hydrogen-bond acceptors (Lipinski definition) is 2. The highest BCUT2D eigenvalue weighted by Gasteiger charge is 2.23. The highest BCUT2D eigenvalue weighted by molar-refractivity contribution is 9.11. The van der Waals surface area contributed by atoms with Crippen LogP contribution in [0.25, 0.3) is 32.0 Å². The summed E-state index contributed by atoms with van der Waals surface area (Å²) in [7, 11) is 0. The molecular formula is C42H58Br2S2. The molecule has 0 fully saturated rings. The van der Waals surface area contributed by atoms with Gasteiger partial charge in [0.2, 0.25) is 0 Å². The van der Waals surface area contributed by atoms with Crippen molar-refractivity contribution in [1.29, 1.82) is 0 Å². The molecule has 46 heavy (non-hydrogen) atoms. The monoisotopic (exact) mass is 784 g/mol. The first kappa shape index (κ1) is 37.9. The summed E-state index contributed by atoms with van der Waals surface area (Å²) in [5.74, 6) is 0. The molecule has 2 aliphatic rings. The second kappa shape index (κ2) is 21.9. The van der Waals surface area contributed by atoms with Gasteiger partial charge in [0.15, 0.2) is 0 Å². The molecule has 2 aromatic rings. The molecule has 4 heteroatoms. The van der Waals surface area contributed by atoms with Gasteiger partial charge in [-0.2, -0.15) is 0 Å². The van der Waals surface area contributed by atoms with E-state index < -0.39 is 0 Å². The molecule has 0 aliphatic heterocycles. The van der Waals surface area contributed by atoms with E-state index in [4.69, 9.17) is 0 Å². The molecule has 0 nitrogen and oxygen atoms in total. The normalized spacial score (nSPS) is 11.7.